The Balaban J connectivity index is 1.98. The highest BCUT2D eigenvalue weighted by Gasteiger charge is 2.73. The summed E-state index contributed by atoms with van der Waals surface area (Å²) in [6.07, 6.45) is -4.22. The second-order valence-electron chi connectivity index (χ2n) is 4.74. The van der Waals surface area contributed by atoms with Crippen molar-refractivity contribution in [1.29, 1.82) is 0 Å². The van der Waals surface area contributed by atoms with Crippen molar-refractivity contribution in [1.82, 2.24) is 10.0 Å². The van der Waals surface area contributed by atoms with E-state index >= 15 is 0 Å². The molecule has 0 amide bonds. The maximum atomic E-state index is 13.3. The second-order valence-corrected chi connectivity index (χ2v) is 4.74. The molecule has 5 heteroatoms. The predicted octanol–water partition coefficient (Wildman–Crippen LogP) is 2.30. The maximum absolute atomic E-state index is 13.3. The van der Waals surface area contributed by atoms with Gasteiger partial charge in [-0.15, -0.1) is 0 Å². The molecule has 0 aliphatic carbocycles. The fourth-order valence-electron chi connectivity index (χ4n) is 2.28. The van der Waals surface area contributed by atoms with Gasteiger partial charge in [-0.1, -0.05) is 29.8 Å². The Morgan fingerprint density at radius 1 is 1.12 bits per heavy atom. The summed E-state index contributed by atoms with van der Waals surface area (Å²) >= 11 is 0. The zero-order valence-electron chi connectivity index (χ0n) is 9.46. The van der Waals surface area contributed by atoms with Crippen LogP contribution in [0, 0.1) is 6.92 Å². The number of benzene rings is 1. The normalized spacial score (nSPS) is 32.6. The van der Waals surface area contributed by atoms with Gasteiger partial charge in [-0.3, -0.25) is 0 Å². The van der Waals surface area contributed by atoms with Gasteiger partial charge in [-0.05, 0) is 12.5 Å². The topological polar surface area (TPSA) is 6.02 Å². The van der Waals surface area contributed by atoms with Gasteiger partial charge in [0.15, 0.2) is 5.54 Å². The molecular weight excluding hydrogens is 229 g/mol. The van der Waals surface area contributed by atoms with Gasteiger partial charge in [0.05, 0.1) is 0 Å². The summed E-state index contributed by atoms with van der Waals surface area (Å²) in [6, 6.07) is 6.65. The number of halogens is 3. The van der Waals surface area contributed by atoms with E-state index in [-0.39, 0.29) is 6.54 Å². The lowest BCUT2D eigenvalue weighted by atomic mass is 9.97. The van der Waals surface area contributed by atoms with E-state index < -0.39 is 11.7 Å². The van der Waals surface area contributed by atoms with Crippen LogP contribution in [-0.4, -0.2) is 35.8 Å². The molecule has 2 nitrogen and oxygen atoms in total. The number of nitrogens with zero attached hydrogens (tertiary/aromatic N) is 2. The average molecular weight is 242 g/mol. The molecule has 2 heterocycles. The third-order valence-electron chi connectivity index (χ3n) is 3.48. The summed E-state index contributed by atoms with van der Waals surface area (Å²) in [5.74, 6) is 0. The van der Waals surface area contributed by atoms with E-state index in [9.17, 15) is 13.2 Å². The van der Waals surface area contributed by atoms with Gasteiger partial charge in [-0.25, -0.2) is 10.0 Å². The Morgan fingerprint density at radius 3 is 2.18 bits per heavy atom. The highest BCUT2D eigenvalue weighted by Crippen LogP contribution is 2.56. The molecule has 0 N–H and O–H groups in total. The van der Waals surface area contributed by atoms with Crippen molar-refractivity contribution >= 4 is 0 Å². The van der Waals surface area contributed by atoms with Crippen molar-refractivity contribution in [3.63, 3.8) is 0 Å². The summed E-state index contributed by atoms with van der Waals surface area (Å²) in [4.78, 5) is 0. The lowest BCUT2D eigenvalue weighted by Crippen LogP contribution is -2.36. The van der Waals surface area contributed by atoms with Gasteiger partial charge in [-0.2, -0.15) is 13.2 Å². The quantitative estimate of drug-likeness (QED) is 0.734. The number of alkyl halides is 3. The lowest BCUT2D eigenvalue weighted by Gasteiger charge is -2.22. The summed E-state index contributed by atoms with van der Waals surface area (Å²) in [5, 5.41) is 3.17. The van der Waals surface area contributed by atoms with Crippen LogP contribution in [0.15, 0.2) is 24.3 Å². The second kappa shape index (κ2) is 3.23. The van der Waals surface area contributed by atoms with Crippen molar-refractivity contribution in [2.24, 2.45) is 0 Å². The molecule has 92 valence electrons. The average Bonchev–Trinajstić information content (AvgIpc) is 3.11. The van der Waals surface area contributed by atoms with E-state index in [1.54, 1.807) is 29.3 Å². The van der Waals surface area contributed by atoms with Gasteiger partial charge in [0.1, 0.15) is 0 Å². The van der Waals surface area contributed by atoms with Gasteiger partial charge >= 0.3 is 6.18 Å². The third kappa shape index (κ3) is 1.57. The van der Waals surface area contributed by atoms with Gasteiger partial charge < -0.3 is 0 Å². The molecule has 0 bridgehead atoms. The molecule has 0 radical (unpaired) electrons. The first-order valence-corrected chi connectivity index (χ1v) is 5.61. The highest BCUT2D eigenvalue weighted by atomic mass is 19.4. The van der Waals surface area contributed by atoms with Gasteiger partial charge in [0.2, 0.25) is 0 Å². The first-order valence-electron chi connectivity index (χ1n) is 5.61. The van der Waals surface area contributed by atoms with Crippen molar-refractivity contribution in [2.45, 2.75) is 18.6 Å². The summed E-state index contributed by atoms with van der Waals surface area (Å²) < 4.78 is 39.8. The monoisotopic (exact) mass is 242 g/mol. The van der Waals surface area contributed by atoms with Crippen LogP contribution in [0.25, 0.3) is 0 Å². The molecule has 1 aromatic rings. The fourth-order valence-corrected chi connectivity index (χ4v) is 2.28. The number of aryl methyl sites for hydroxylation is 1. The van der Waals surface area contributed by atoms with Gasteiger partial charge in [0, 0.05) is 19.6 Å². The molecular formula is C12H13F3N2. The van der Waals surface area contributed by atoms with Crippen molar-refractivity contribution in [3.8, 4) is 0 Å². The van der Waals surface area contributed by atoms with Crippen molar-refractivity contribution in [3.05, 3.63) is 35.4 Å². The molecule has 2 saturated heterocycles. The summed E-state index contributed by atoms with van der Waals surface area (Å²) in [6.45, 7) is 3.41. The zero-order valence-corrected chi connectivity index (χ0v) is 9.46. The molecule has 2 unspecified atom stereocenters. The van der Waals surface area contributed by atoms with Gasteiger partial charge in [0.25, 0.3) is 0 Å². The van der Waals surface area contributed by atoms with Crippen molar-refractivity contribution in [2.75, 3.05) is 19.6 Å². The van der Waals surface area contributed by atoms with Crippen LogP contribution in [0.2, 0.25) is 0 Å². The zero-order chi connectivity index (χ0) is 12.3. The van der Waals surface area contributed by atoms with Crippen LogP contribution in [0.3, 0.4) is 0 Å². The molecule has 0 spiro atoms. The van der Waals surface area contributed by atoms with E-state index in [1.807, 2.05) is 6.92 Å². The minimum Gasteiger partial charge on any atom is -0.238 e. The van der Waals surface area contributed by atoms with Crippen molar-refractivity contribution < 1.29 is 13.2 Å². The Bertz CT molecular complexity index is 436. The van der Waals surface area contributed by atoms with Crippen LogP contribution in [0.1, 0.15) is 11.1 Å². The first kappa shape index (κ1) is 11.0. The SMILES string of the molecule is Cc1ccc(C2(C(F)(F)F)CN2N2CC2)cc1. The number of rotatable bonds is 2. The number of hydrogen-bond acceptors (Lipinski definition) is 2. The highest BCUT2D eigenvalue weighted by molar-refractivity contribution is 5.35. The predicted molar refractivity (Wildman–Crippen MR) is 57.2 cm³/mol. The minimum absolute atomic E-state index is 0.0551. The standard InChI is InChI=1S/C12H13F3N2/c1-9-2-4-10(5-3-9)11(12(13,14)15)8-17(11)16-6-7-16/h2-5H,6-8H2,1H3. The van der Waals surface area contributed by atoms with E-state index in [0.29, 0.717) is 5.56 Å². The molecule has 3 rings (SSSR count). The molecule has 2 atom stereocenters. The Morgan fingerprint density at radius 2 is 1.71 bits per heavy atom. The maximum Gasteiger partial charge on any atom is 0.413 e. The molecule has 2 fully saturated rings. The summed E-state index contributed by atoms with van der Waals surface area (Å²) in [7, 11) is 0. The van der Waals surface area contributed by atoms with E-state index in [1.165, 1.54) is 5.01 Å². The third-order valence-corrected chi connectivity index (χ3v) is 3.48. The Hall–Kier alpha value is -1.07. The van der Waals surface area contributed by atoms with Crippen LogP contribution < -0.4 is 0 Å². The van der Waals surface area contributed by atoms with E-state index in [2.05, 4.69) is 0 Å². The molecule has 2 aliphatic rings. The molecule has 0 saturated carbocycles. The Kier molecular flexibility index (Phi) is 2.10. The first-order chi connectivity index (χ1) is 7.95. The molecule has 17 heavy (non-hydrogen) atoms. The number of hydrazine groups is 1. The molecule has 2 aliphatic heterocycles. The summed E-state index contributed by atoms with van der Waals surface area (Å²) in [5.41, 5.74) is -0.440. The van der Waals surface area contributed by atoms with Crippen LogP contribution in [-0.2, 0) is 5.54 Å². The van der Waals surface area contributed by atoms with Crippen LogP contribution in [0.4, 0.5) is 13.2 Å². The Labute approximate surface area is 97.6 Å². The van der Waals surface area contributed by atoms with Crippen LogP contribution in [0.5, 0.6) is 0 Å². The smallest absolute Gasteiger partial charge is 0.238 e. The molecule has 0 aromatic heterocycles. The van der Waals surface area contributed by atoms with Crippen LogP contribution >= 0.6 is 0 Å². The largest absolute Gasteiger partial charge is 0.413 e. The lowest BCUT2D eigenvalue weighted by molar-refractivity contribution is -0.182. The van der Waals surface area contributed by atoms with E-state index in [0.717, 1.165) is 18.7 Å². The van der Waals surface area contributed by atoms with E-state index in [4.69, 9.17) is 0 Å². The fraction of sp³-hybridized carbons (Fsp3) is 0.500. The minimum atomic E-state index is -4.22. The molecule has 1 aromatic carbocycles. The number of hydrogen-bond donors (Lipinski definition) is 0.